The molecule has 0 saturated heterocycles. The van der Waals surface area contributed by atoms with Crippen LogP contribution in [-0.2, 0) is 0 Å². The number of carbonyl (C=O) groups excluding carboxylic acids is 1. The molecule has 0 fully saturated rings. The number of nitrogens with one attached hydrogen (secondary N) is 1. The zero-order valence-corrected chi connectivity index (χ0v) is 10.9. The smallest absolute Gasteiger partial charge is 0.270 e. The predicted molar refractivity (Wildman–Crippen MR) is 64.6 cm³/mol. The van der Waals surface area contributed by atoms with Gasteiger partial charge < -0.3 is 5.32 Å². The number of aromatic nitrogens is 1. The Hall–Kier alpha value is -0.610. The molecule has 0 aromatic carbocycles. The summed E-state index contributed by atoms with van der Waals surface area (Å²) in [5.41, 5.74) is 0.0757. The van der Waals surface area contributed by atoms with Gasteiger partial charge >= 0.3 is 0 Å². The van der Waals surface area contributed by atoms with Gasteiger partial charge in [0.25, 0.3) is 5.91 Å². The Balaban J connectivity index is 2.74. The predicted octanol–water partition coefficient (Wildman–Crippen LogP) is 2.64. The van der Waals surface area contributed by atoms with Gasteiger partial charge in [-0.1, -0.05) is 27.5 Å². The van der Waals surface area contributed by atoms with Crippen molar-refractivity contribution in [3.8, 4) is 0 Å². The zero-order chi connectivity index (χ0) is 11.5. The summed E-state index contributed by atoms with van der Waals surface area (Å²) in [6, 6.07) is 3.24. The number of carbonyl (C=O) groups is 1. The second kappa shape index (κ2) is 4.94. The molecule has 0 radical (unpaired) electrons. The fourth-order valence-corrected chi connectivity index (χ4v) is 1.17. The van der Waals surface area contributed by atoms with Gasteiger partial charge in [-0.15, -0.1) is 0 Å². The summed E-state index contributed by atoms with van der Waals surface area (Å²) in [6.45, 7) is 3.85. The van der Waals surface area contributed by atoms with E-state index in [4.69, 9.17) is 11.6 Å². The molecule has 15 heavy (non-hydrogen) atoms. The number of hydrogen-bond acceptors (Lipinski definition) is 2. The molecule has 1 heterocycles. The van der Waals surface area contributed by atoms with Crippen LogP contribution in [-0.4, -0.2) is 21.8 Å². The average Bonchev–Trinajstić information content (AvgIpc) is 2.18. The van der Waals surface area contributed by atoms with E-state index in [9.17, 15) is 4.79 Å². The number of halogens is 2. The summed E-state index contributed by atoms with van der Waals surface area (Å²) in [4.78, 5) is 15.6. The molecular formula is C10H12BrClN2O. The van der Waals surface area contributed by atoms with Crippen molar-refractivity contribution < 1.29 is 4.79 Å². The van der Waals surface area contributed by atoms with Gasteiger partial charge in [-0.25, -0.2) is 4.98 Å². The topological polar surface area (TPSA) is 42.0 Å². The lowest BCUT2D eigenvalue weighted by atomic mass is 10.1. The third kappa shape index (κ3) is 3.80. The highest BCUT2D eigenvalue weighted by Gasteiger charge is 2.20. The molecule has 0 saturated carbocycles. The van der Waals surface area contributed by atoms with E-state index in [1.165, 1.54) is 6.20 Å². The monoisotopic (exact) mass is 290 g/mol. The number of amides is 1. The third-order valence-corrected chi connectivity index (χ3v) is 3.37. The third-order valence-electron chi connectivity index (χ3n) is 1.75. The molecule has 0 bridgehead atoms. The normalized spacial score (nSPS) is 11.2. The minimum Gasteiger partial charge on any atom is -0.345 e. The van der Waals surface area contributed by atoms with Crippen LogP contribution in [0.1, 0.15) is 24.3 Å². The lowest BCUT2D eigenvalue weighted by Gasteiger charge is -2.23. The standard InChI is InChI=1S/C10H12BrClN2O/c1-10(2,6-11)14-9(15)8-4-3-7(12)5-13-8/h3-5H,6H2,1-2H3,(H,14,15). The van der Waals surface area contributed by atoms with Gasteiger partial charge in [-0.3, -0.25) is 4.79 Å². The van der Waals surface area contributed by atoms with Crippen molar-refractivity contribution in [3.05, 3.63) is 29.0 Å². The first kappa shape index (κ1) is 12.5. The van der Waals surface area contributed by atoms with E-state index in [0.717, 1.165) is 0 Å². The largest absolute Gasteiger partial charge is 0.345 e. The Morgan fingerprint density at radius 2 is 2.27 bits per heavy atom. The van der Waals surface area contributed by atoms with Crippen molar-refractivity contribution in [1.29, 1.82) is 0 Å². The Bertz CT molecular complexity index is 351. The number of pyridine rings is 1. The fourth-order valence-electron chi connectivity index (χ4n) is 0.915. The number of rotatable bonds is 3. The molecule has 82 valence electrons. The van der Waals surface area contributed by atoms with Gasteiger partial charge in [-0.05, 0) is 26.0 Å². The molecule has 0 atom stereocenters. The summed E-state index contributed by atoms with van der Waals surface area (Å²) in [5.74, 6) is -0.198. The molecule has 0 aliphatic rings. The summed E-state index contributed by atoms with van der Waals surface area (Å²) in [7, 11) is 0. The van der Waals surface area contributed by atoms with Crippen molar-refractivity contribution in [2.24, 2.45) is 0 Å². The summed E-state index contributed by atoms with van der Waals surface area (Å²) in [5, 5.41) is 4.05. The lowest BCUT2D eigenvalue weighted by molar-refractivity contribution is 0.0916. The van der Waals surface area contributed by atoms with Crippen LogP contribution in [0, 0.1) is 0 Å². The maximum Gasteiger partial charge on any atom is 0.270 e. The minimum atomic E-state index is -0.293. The van der Waals surface area contributed by atoms with Crippen LogP contribution in [0.25, 0.3) is 0 Å². The Morgan fingerprint density at radius 1 is 1.60 bits per heavy atom. The molecule has 0 spiro atoms. The van der Waals surface area contributed by atoms with E-state index in [2.05, 4.69) is 26.2 Å². The molecule has 5 heteroatoms. The highest BCUT2D eigenvalue weighted by atomic mass is 79.9. The Kier molecular flexibility index (Phi) is 4.11. The Morgan fingerprint density at radius 3 is 2.73 bits per heavy atom. The first-order valence-electron chi connectivity index (χ1n) is 4.45. The van der Waals surface area contributed by atoms with Gasteiger partial charge in [0, 0.05) is 17.1 Å². The Labute approximate surface area is 102 Å². The molecule has 1 aromatic rings. The summed E-state index contributed by atoms with van der Waals surface area (Å²) in [6.07, 6.45) is 1.46. The van der Waals surface area contributed by atoms with E-state index >= 15 is 0 Å². The second-order valence-electron chi connectivity index (χ2n) is 3.83. The van der Waals surface area contributed by atoms with E-state index < -0.39 is 0 Å². The van der Waals surface area contributed by atoms with Crippen LogP contribution in [0.4, 0.5) is 0 Å². The van der Waals surface area contributed by atoms with Crippen molar-refractivity contribution in [3.63, 3.8) is 0 Å². The molecule has 1 rings (SSSR count). The molecular weight excluding hydrogens is 279 g/mol. The number of nitrogens with zero attached hydrogens (tertiary/aromatic N) is 1. The van der Waals surface area contributed by atoms with E-state index in [1.807, 2.05) is 13.8 Å². The lowest BCUT2D eigenvalue weighted by Crippen LogP contribution is -2.45. The molecule has 0 aliphatic carbocycles. The van der Waals surface area contributed by atoms with E-state index in [0.29, 0.717) is 16.0 Å². The highest BCUT2D eigenvalue weighted by molar-refractivity contribution is 9.09. The molecule has 1 aromatic heterocycles. The zero-order valence-electron chi connectivity index (χ0n) is 8.55. The SMILES string of the molecule is CC(C)(CBr)NC(=O)c1ccc(Cl)cn1. The van der Waals surface area contributed by atoms with E-state index in [1.54, 1.807) is 12.1 Å². The van der Waals surface area contributed by atoms with Crippen LogP contribution in [0.5, 0.6) is 0 Å². The average molecular weight is 292 g/mol. The van der Waals surface area contributed by atoms with Crippen molar-refractivity contribution in [1.82, 2.24) is 10.3 Å². The van der Waals surface area contributed by atoms with Gasteiger partial charge in [-0.2, -0.15) is 0 Å². The molecule has 0 unspecified atom stereocenters. The first-order chi connectivity index (χ1) is 6.94. The highest BCUT2D eigenvalue weighted by Crippen LogP contribution is 2.09. The van der Waals surface area contributed by atoms with Crippen molar-refractivity contribution in [2.45, 2.75) is 19.4 Å². The maximum atomic E-state index is 11.7. The van der Waals surface area contributed by atoms with E-state index in [-0.39, 0.29) is 11.4 Å². The van der Waals surface area contributed by atoms with Crippen LogP contribution < -0.4 is 5.32 Å². The van der Waals surface area contributed by atoms with Crippen LogP contribution in [0.15, 0.2) is 18.3 Å². The molecule has 3 nitrogen and oxygen atoms in total. The number of hydrogen-bond donors (Lipinski definition) is 1. The number of alkyl halides is 1. The van der Waals surface area contributed by atoms with Gasteiger partial charge in [0.2, 0.25) is 0 Å². The summed E-state index contributed by atoms with van der Waals surface area (Å²) >= 11 is 9.00. The van der Waals surface area contributed by atoms with Gasteiger partial charge in [0.15, 0.2) is 0 Å². The maximum absolute atomic E-state index is 11.7. The summed E-state index contributed by atoms with van der Waals surface area (Å²) < 4.78 is 0. The van der Waals surface area contributed by atoms with Crippen LogP contribution in [0.3, 0.4) is 0 Å². The second-order valence-corrected chi connectivity index (χ2v) is 4.83. The molecule has 1 N–H and O–H groups in total. The molecule has 1 amide bonds. The quantitative estimate of drug-likeness (QED) is 0.870. The van der Waals surface area contributed by atoms with Crippen LogP contribution >= 0.6 is 27.5 Å². The fraction of sp³-hybridized carbons (Fsp3) is 0.400. The first-order valence-corrected chi connectivity index (χ1v) is 5.94. The van der Waals surface area contributed by atoms with Crippen molar-refractivity contribution >= 4 is 33.4 Å². The van der Waals surface area contributed by atoms with Gasteiger partial charge in [0.1, 0.15) is 5.69 Å². The van der Waals surface area contributed by atoms with Crippen LogP contribution in [0.2, 0.25) is 5.02 Å². The van der Waals surface area contributed by atoms with Crippen molar-refractivity contribution in [2.75, 3.05) is 5.33 Å². The van der Waals surface area contributed by atoms with Gasteiger partial charge in [0.05, 0.1) is 5.02 Å². The molecule has 0 aliphatic heterocycles. The minimum absolute atomic E-state index is 0.198.